The summed E-state index contributed by atoms with van der Waals surface area (Å²) in [4.78, 5) is 25.5. The molecule has 0 aliphatic carbocycles. The van der Waals surface area contributed by atoms with Crippen molar-refractivity contribution < 1.29 is 42.9 Å². The van der Waals surface area contributed by atoms with Gasteiger partial charge in [-0.1, -0.05) is 18.2 Å². The smallest absolute Gasteiger partial charge is 0.459 e. The number of para-hydroxylation sites is 1. The SMILES string of the molecule is CC1=CN([C@H]2O[C@@H](COP(=O)(N[C@@H](C)C(=O)OC(C)C)Oc3ccccc3)[C@@H](O)C2O)C(S)NC1=O. The van der Waals surface area contributed by atoms with Crippen LogP contribution in [0.15, 0.2) is 42.1 Å². The average Bonchev–Trinajstić information content (AvgIpc) is 3.08. The molecule has 12 nitrogen and oxygen atoms in total. The quantitative estimate of drug-likeness (QED) is 0.163. The number of carbonyl (C=O) groups excluding carboxylic acids is 2. The van der Waals surface area contributed by atoms with Crippen LogP contribution in [-0.2, 0) is 28.2 Å². The molecule has 3 rings (SSSR count). The number of benzene rings is 1. The standard InChI is InChI=1S/C22H32N3O9PS/c1-12(2)32-21(29)14(4)24-35(30,34-15-8-6-5-7-9-15)31-11-16-17(26)18(27)20(33-16)25-10-13(3)19(28)23-22(25)36/h5-10,12,14,16-18,20,22,26-27,36H,11H2,1-4H3,(H,23,28)(H,24,30)/t14-,16-,17+,18?,20-,22?,35?/m0/s1. The molecule has 2 aliphatic rings. The molecule has 1 fully saturated rings. The number of nitrogens with one attached hydrogen (secondary N) is 2. The van der Waals surface area contributed by atoms with Gasteiger partial charge in [-0.3, -0.25) is 14.1 Å². The maximum absolute atomic E-state index is 13.6. The topological polar surface area (TPSA) is 156 Å². The Morgan fingerprint density at radius 2 is 1.92 bits per heavy atom. The molecule has 0 spiro atoms. The minimum absolute atomic E-state index is 0.214. The summed E-state index contributed by atoms with van der Waals surface area (Å²) < 4.78 is 35.7. The van der Waals surface area contributed by atoms with E-state index in [9.17, 15) is 24.4 Å². The molecule has 0 bridgehead atoms. The number of esters is 1. The van der Waals surface area contributed by atoms with Crippen LogP contribution in [0.4, 0.5) is 0 Å². The summed E-state index contributed by atoms with van der Waals surface area (Å²) >= 11 is 4.29. The maximum atomic E-state index is 13.6. The number of aliphatic hydroxyl groups is 2. The molecule has 200 valence electrons. The van der Waals surface area contributed by atoms with Gasteiger partial charge in [0.05, 0.1) is 12.7 Å². The van der Waals surface area contributed by atoms with Crippen LogP contribution in [0.1, 0.15) is 27.7 Å². The van der Waals surface area contributed by atoms with E-state index in [1.165, 1.54) is 18.0 Å². The van der Waals surface area contributed by atoms with E-state index >= 15 is 0 Å². The van der Waals surface area contributed by atoms with Crippen LogP contribution in [0, 0.1) is 0 Å². The number of nitrogens with zero attached hydrogens (tertiary/aromatic N) is 1. The zero-order valence-corrected chi connectivity index (χ0v) is 22.1. The van der Waals surface area contributed by atoms with Crippen molar-refractivity contribution >= 4 is 32.3 Å². The first-order chi connectivity index (χ1) is 16.9. The first-order valence-electron chi connectivity index (χ1n) is 11.3. The molecule has 4 N–H and O–H groups in total. The Labute approximate surface area is 214 Å². The van der Waals surface area contributed by atoms with E-state index in [4.69, 9.17) is 18.5 Å². The fraction of sp³-hybridized carbons (Fsp3) is 0.545. The third-order valence-electron chi connectivity index (χ3n) is 5.31. The molecule has 1 aromatic carbocycles. The molecular weight excluding hydrogens is 513 g/mol. The monoisotopic (exact) mass is 545 g/mol. The molecule has 0 saturated carbocycles. The number of hydrogen-bond donors (Lipinski definition) is 5. The first kappa shape index (κ1) is 28.5. The van der Waals surface area contributed by atoms with Crippen molar-refractivity contribution in [2.45, 2.75) is 69.9 Å². The van der Waals surface area contributed by atoms with Crippen molar-refractivity contribution in [3.63, 3.8) is 0 Å². The highest BCUT2D eigenvalue weighted by Gasteiger charge is 2.48. The third kappa shape index (κ3) is 7.00. The number of ether oxygens (including phenoxy) is 2. The molecule has 3 unspecified atom stereocenters. The van der Waals surface area contributed by atoms with E-state index in [1.54, 1.807) is 51.1 Å². The van der Waals surface area contributed by atoms with Gasteiger partial charge >= 0.3 is 13.7 Å². The Morgan fingerprint density at radius 3 is 2.56 bits per heavy atom. The molecule has 7 atom stereocenters. The van der Waals surface area contributed by atoms with Crippen molar-refractivity contribution in [2.24, 2.45) is 0 Å². The van der Waals surface area contributed by atoms with Crippen LogP contribution < -0.4 is 14.9 Å². The molecule has 1 amide bonds. The largest absolute Gasteiger partial charge is 0.462 e. The zero-order chi connectivity index (χ0) is 26.6. The van der Waals surface area contributed by atoms with E-state index in [-0.39, 0.29) is 17.8 Å². The normalized spacial score (nSPS) is 28.8. The molecule has 1 aromatic rings. The number of carbonyl (C=O) groups is 2. The van der Waals surface area contributed by atoms with Crippen LogP contribution in [0.25, 0.3) is 0 Å². The average molecular weight is 546 g/mol. The van der Waals surface area contributed by atoms with Crippen molar-refractivity contribution in [3.8, 4) is 5.75 Å². The van der Waals surface area contributed by atoms with Crippen LogP contribution in [0.2, 0.25) is 0 Å². The maximum Gasteiger partial charge on any atom is 0.459 e. The van der Waals surface area contributed by atoms with Crippen molar-refractivity contribution in [3.05, 3.63) is 42.1 Å². The van der Waals surface area contributed by atoms with E-state index in [2.05, 4.69) is 23.0 Å². The highest BCUT2D eigenvalue weighted by molar-refractivity contribution is 7.80. The molecule has 1 saturated heterocycles. The minimum atomic E-state index is -4.20. The van der Waals surface area contributed by atoms with Gasteiger partial charge in [0.25, 0.3) is 5.91 Å². The lowest BCUT2D eigenvalue weighted by molar-refractivity contribution is -0.149. The summed E-state index contributed by atoms with van der Waals surface area (Å²) in [6.45, 7) is 5.93. The second-order valence-electron chi connectivity index (χ2n) is 8.69. The fourth-order valence-electron chi connectivity index (χ4n) is 3.49. The lowest BCUT2D eigenvalue weighted by Crippen LogP contribution is -2.54. The number of hydrogen-bond acceptors (Lipinski definition) is 11. The lowest BCUT2D eigenvalue weighted by atomic mass is 10.1. The summed E-state index contributed by atoms with van der Waals surface area (Å²) in [5, 5.41) is 26.3. The molecule has 14 heteroatoms. The van der Waals surface area contributed by atoms with E-state index in [0.717, 1.165) is 0 Å². The Balaban J connectivity index is 1.73. The van der Waals surface area contributed by atoms with Crippen LogP contribution in [0.5, 0.6) is 5.75 Å². The number of thiol groups is 1. The predicted molar refractivity (Wildman–Crippen MR) is 132 cm³/mol. The Morgan fingerprint density at radius 1 is 1.25 bits per heavy atom. The van der Waals surface area contributed by atoms with Gasteiger partial charge in [0, 0.05) is 11.8 Å². The predicted octanol–water partition coefficient (Wildman–Crippen LogP) is 1.12. The molecule has 2 heterocycles. The second-order valence-corrected chi connectivity index (χ2v) is 10.9. The fourth-order valence-corrected chi connectivity index (χ4v) is 5.31. The first-order valence-corrected chi connectivity index (χ1v) is 13.4. The van der Waals surface area contributed by atoms with Gasteiger partial charge in [-0.15, -0.1) is 12.6 Å². The Bertz CT molecular complexity index is 1010. The van der Waals surface area contributed by atoms with Crippen LogP contribution >= 0.6 is 20.4 Å². The minimum Gasteiger partial charge on any atom is -0.462 e. The molecule has 2 aliphatic heterocycles. The summed E-state index contributed by atoms with van der Waals surface area (Å²) in [6, 6.07) is 7.14. The highest BCUT2D eigenvalue weighted by atomic mass is 32.1. The lowest BCUT2D eigenvalue weighted by Gasteiger charge is -2.37. The molecule has 36 heavy (non-hydrogen) atoms. The second kappa shape index (κ2) is 12.0. The van der Waals surface area contributed by atoms with Gasteiger partial charge in [-0.05, 0) is 39.8 Å². The van der Waals surface area contributed by atoms with E-state index < -0.39 is 56.4 Å². The third-order valence-corrected chi connectivity index (χ3v) is 7.35. The number of aliphatic hydroxyl groups excluding tert-OH is 2. The molecular formula is C22H32N3O9PS. The van der Waals surface area contributed by atoms with Gasteiger partial charge in [0.15, 0.2) is 6.23 Å². The van der Waals surface area contributed by atoms with Crippen LogP contribution in [-0.4, -0.2) is 75.8 Å². The van der Waals surface area contributed by atoms with Gasteiger partial charge in [0.1, 0.15) is 35.6 Å². The molecule has 0 radical (unpaired) electrons. The Kier molecular flexibility index (Phi) is 9.44. The van der Waals surface area contributed by atoms with Crippen molar-refractivity contribution in [2.75, 3.05) is 6.61 Å². The van der Waals surface area contributed by atoms with Crippen molar-refractivity contribution in [1.82, 2.24) is 15.3 Å². The zero-order valence-electron chi connectivity index (χ0n) is 20.3. The van der Waals surface area contributed by atoms with E-state index in [0.29, 0.717) is 5.57 Å². The van der Waals surface area contributed by atoms with Gasteiger partial charge in [-0.25, -0.2) is 4.57 Å². The Hall–Kier alpha value is -2.12. The van der Waals surface area contributed by atoms with Crippen LogP contribution in [0.3, 0.4) is 0 Å². The highest BCUT2D eigenvalue weighted by Crippen LogP contribution is 2.45. The number of rotatable bonds is 10. The van der Waals surface area contributed by atoms with E-state index in [1.807, 2.05) is 0 Å². The summed E-state index contributed by atoms with van der Waals surface area (Å²) in [6.07, 6.45) is -3.93. The number of amides is 1. The van der Waals surface area contributed by atoms with Gasteiger partial charge in [-0.2, -0.15) is 5.09 Å². The summed E-state index contributed by atoms with van der Waals surface area (Å²) in [7, 11) is -4.20. The van der Waals surface area contributed by atoms with Gasteiger partial charge in [0.2, 0.25) is 0 Å². The van der Waals surface area contributed by atoms with Crippen molar-refractivity contribution in [1.29, 1.82) is 0 Å². The molecule has 0 aromatic heterocycles. The summed E-state index contributed by atoms with van der Waals surface area (Å²) in [5.41, 5.74) is -0.452. The summed E-state index contributed by atoms with van der Waals surface area (Å²) in [5.74, 6) is -0.771. The van der Waals surface area contributed by atoms with Gasteiger partial charge < -0.3 is 34.4 Å².